The SMILES string of the molecule is COc1ccc2c(c1)NC(OCCN1CCOCC1)(c1ccccc1)N(C)C2=O. The van der Waals surface area contributed by atoms with Crippen LogP contribution in [-0.2, 0) is 15.3 Å². The number of fused-ring (bicyclic) bond motifs is 1. The normalized spacial score (nSPS) is 22.1. The molecule has 1 atom stereocenters. The van der Waals surface area contributed by atoms with Gasteiger partial charge in [0.05, 0.1) is 38.2 Å². The third-order valence-electron chi connectivity index (χ3n) is 5.53. The van der Waals surface area contributed by atoms with Gasteiger partial charge in [-0.1, -0.05) is 30.3 Å². The smallest absolute Gasteiger partial charge is 0.259 e. The van der Waals surface area contributed by atoms with Crippen LogP contribution in [0.3, 0.4) is 0 Å². The molecule has 2 aliphatic rings. The van der Waals surface area contributed by atoms with Crippen LogP contribution in [0.2, 0.25) is 0 Å². The highest BCUT2D eigenvalue weighted by Gasteiger charge is 2.45. The van der Waals surface area contributed by atoms with Crippen LogP contribution in [0.15, 0.2) is 48.5 Å². The van der Waals surface area contributed by atoms with Crippen molar-refractivity contribution in [1.82, 2.24) is 9.80 Å². The fraction of sp³-hybridized carbons (Fsp3) is 0.409. The standard InChI is InChI=1S/C22H27N3O4/c1-24-21(26)19-9-8-18(27-2)16-20(19)23-22(24,17-6-4-3-5-7-17)29-15-12-25-10-13-28-14-11-25/h3-9,16,23H,10-15H2,1-2H3. The molecule has 0 radical (unpaired) electrons. The van der Waals surface area contributed by atoms with E-state index in [1.165, 1.54) is 0 Å². The summed E-state index contributed by atoms with van der Waals surface area (Å²) < 4.78 is 17.2. The second-order valence-electron chi connectivity index (χ2n) is 7.21. The monoisotopic (exact) mass is 397 g/mol. The van der Waals surface area contributed by atoms with Gasteiger partial charge in [-0.25, -0.2) is 0 Å². The van der Waals surface area contributed by atoms with Crippen molar-refractivity contribution >= 4 is 11.6 Å². The molecule has 0 spiro atoms. The lowest BCUT2D eigenvalue weighted by atomic mass is 10.0. The van der Waals surface area contributed by atoms with Crippen LogP contribution in [0.1, 0.15) is 15.9 Å². The number of ether oxygens (including phenoxy) is 3. The van der Waals surface area contributed by atoms with Crippen molar-refractivity contribution < 1.29 is 19.0 Å². The Morgan fingerprint density at radius 2 is 1.90 bits per heavy atom. The number of hydrogen-bond donors (Lipinski definition) is 1. The molecule has 154 valence electrons. The molecule has 0 aromatic heterocycles. The number of morpholine rings is 1. The molecule has 7 heteroatoms. The summed E-state index contributed by atoms with van der Waals surface area (Å²) in [6.45, 7) is 4.51. The zero-order chi connectivity index (χ0) is 20.3. The van der Waals surface area contributed by atoms with Crippen LogP contribution < -0.4 is 10.1 Å². The summed E-state index contributed by atoms with van der Waals surface area (Å²) in [6.07, 6.45) is 0. The molecule has 0 saturated carbocycles. The molecule has 0 aliphatic carbocycles. The summed E-state index contributed by atoms with van der Waals surface area (Å²) in [7, 11) is 3.38. The Balaban J connectivity index is 1.65. The van der Waals surface area contributed by atoms with Gasteiger partial charge >= 0.3 is 0 Å². The molecular formula is C22H27N3O4. The molecule has 1 amide bonds. The first-order chi connectivity index (χ1) is 14.1. The van der Waals surface area contributed by atoms with E-state index in [9.17, 15) is 4.79 Å². The zero-order valence-electron chi connectivity index (χ0n) is 16.9. The van der Waals surface area contributed by atoms with Crippen molar-refractivity contribution in [1.29, 1.82) is 0 Å². The van der Waals surface area contributed by atoms with Gasteiger partial charge in [-0.2, -0.15) is 0 Å². The molecule has 29 heavy (non-hydrogen) atoms. The first-order valence-corrected chi connectivity index (χ1v) is 9.88. The summed E-state index contributed by atoms with van der Waals surface area (Å²) in [5.74, 6) is -0.509. The number of carbonyl (C=O) groups is 1. The van der Waals surface area contributed by atoms with E-state index in [0.717, 1.165) is 38.4 Å². The van der Waals surface area contributed by atoms with E-state index in [2.05, 4.69) is 10.2 Å². The number of anilines is 1. The Kier molecular flexibility index (Phi) is 5.71. The summed E-state index contributed by atoms with van der Waals surface area (Å²) in [5.41, 5.74) is 2.16. The van der Waals surface area contributed by atoms with E-state index in [-0.39, 0.29) is 5.91 Å². The number of methoxy groups -OCH3 is 1. The van der Waals surface area contributed by atoms with Gasteiger partial charge in [0.15, 0.2) is 0 Å². The van der Waals surface area contributed by atoms with Crippen molar-refractivity contribution in [2.75, 3.05) is 58.9 Å². The van der Waals surface area contributed by atoms with E-state index in [1.807, 2.05) is 36.4 Å². The van der Waals surface area contributed by atoms with Gasteiger partial charge in [-0.05, 0) is 12.1 Å². The minimum atomic E-state index is -1.09. The third-order valence-corrected chi connectivity index (χ3v) is 5.53. The third kappa shape index (κ3) is 3.81. The predicted octanol–water partition coefficient (Wildman–Crippen LogP) is 2.35. The fourth-order valence-corrected chi connectivity index (χ4v) is 3.82. The molecule has 7 nitrogen and oxygen atoms in total. The second kappa shape index (κ2) is 8.41. The maximum Gasteiger partial charge on any atom is 0.259 e. The Hall–Kier alpha value is -2.61. The molecular weight excluding hydrogens is 370 g/mol. The molecule has 1 N–H and O–H groups in total. The molecule has 4 rings (SSSR count). The van der Waals surface area contributed by atoms with Crippen molar-refractivity contribution in [3.05, 3.63) is 59.7 Å². The van der Waals surface area contributed by atoms with Crippen LogP contribution in [-0.4, -0.2) is 69.3 Å². The Morgan fingerprint density at radius 3 is 2.62 bits per heavy atom. The van der Waals surface area contributed by atoms with Crippen molar-refractivity contribution in [3.8, 4) is 5.75 Å². The largest absolute Gasteiger partial charge is 0.497 e. The van der Waals surface area contributed by atoms with Crippen LogP contribution in [0.25, 0.3) is 0 Å². The number of amides is 1. The lowest BCUT2D eigenvalue weighted by Crippen LogP contribution is -2.58. The average molecular weight is 397 g/mol. The van der Waals surface area contributed by atoms with Crippen molar-refractivity contribution in [2.24, 2.45) is 0 Å². The first kappa shape index (κ1) is 19.7. The van der Waals surface area contributed by atoms with Gasteiger partial charge in [-0.3, -0.25) is 14.6 Å². The van der Waals surface area contributed by atoms with E-state index >= 15 is 0 Å². The van der Waals surface area contributed by atoms with Crippen molar-refractivity contribution in [3.63, 3.8) is 0 Å². The highest BCUT2D eigenvalue weighted by atomic mass is 16.5. The molecule has 2 heterocycles. The maximum atomic E-state index is 13.2. The summed E-state index contributed by atoms with van der Waals surface area (Å²) in [4.78, 5) is 17.2. The van der Waals surface area contributed by atoms with Gasteiger partial charge in [0.25, 0.3) is 5.91 Å². The Morgan fingerprint density at radius 1 is 1.14 bits per heavy atom. The van der Waals surface area contributed by atoms with E-state index in [1.54, 1.807) is 31.2 Å². The summed E-state index contributed by atoms with van der Waals surface area (Å²) in [5, 5.41) is 3.48. The van der Waals surface area contributed by atoms with Crippen LogP contribution in [0, 0.1) is 0 Å². The predicted molar refractivity (Wildman–Crippen MR) is 110 cm³/mol. The molecule has 0 bridgehead atoms. The lowest BCUT2D eigenvalue weighted by molar-refractivity contribution is -0.124. The van der Waals surface area contributed by atoms with Crippen LogP contribution >= 0.6 is 0 Å². The van der Waals surface area contributed by atoms with Crippen LogP contribution in [0.4, 0.5) is 5.69 Å². The van der Waals surface area contributed by atoms with Gasteiger partial charge < -0.3 is 19.5 Å². The minimum Gasteiger partial charge on any atom is -0.497 e. The molecule has 1 saturated heterocycles. The number of nitrogens with one attached hydrogen (secondary N) is 1. The Labute approximate surface area is 171 Å². The molecule has 1 unspecified atom stereocenters. The number of nitrogens with zero attached hydrogens (tertiary/aromatic N) is 2. The lowest BCUT2D eigenvalue weighted by Gasteiger charge is -2.46. The average Bonchev–Trinajstić information content (AvgIpc) is 2.78. The number of benzene rings is 2. The van der Waals surface area contributed by atoms with Gasteiger partial charge in [0.2, 0.25) is 5.85 Å². The number of hydrogen-bond acceptors (Lipinski definition) is 6. The highest BCUT2D eigenvalue weighted by molar-refractivity contribution is 6.02. The number of rotatable bonds is 6. The van der Waals surface area contributed by atoms with E-state index in [0.29, 0.717) is 23.6 Å². The second-order valence-corrected chi connectivity index (χ2v) is 7.21. The molecule has 2 aromatic carbocycles. The molecule has 2 aromatic rings. The Bertz CT molecular complexity index is 854. The van der Waals surface area contributed by atoms with E-state index in [4.69, 9.17) is 14.2 Å². The van der Waals surface area contributed by atoms with Gasteiger partial charge in [-0.15, -0.1) is 0 Å². The zero-order valence-corrected chi connectivity index (χ0v) is 16.9. The fourth-order valence-electron chi connectivity index (χ4n) is 3.82. The first-order valence-electron chi connectivity index (χ1n) is 9.88. The topological polar surface area (TPSA) is 63.3 Å². The summed E-state index contributed by atoms with van der Waals surface area (Å²) >= 11 is 0. The number of carbonyl (C=O) groups excluding carboxylic acids is 1. The summed E-state index contributed by atoms with van der Waals surface area (Å²) in [6, 6.07) is 15.2. The highest BCUT2D eigenvalue weighted by Crippen LogP contribution is 2.39. The van der Waals surface area contributed by atoms with Gasteiger partial charge in [0.1, 0.15) is 5.75 Å². The van der Waals surface area contributed by atoms with E-state index < -0.39 is 5.85 Å². The minimum absolute atomic E-state index is 0.100. The quantitative estimate of drug-likeness (QED) is 0.807. The van der Waals surface area contributed by atoms with Crippen LogP contribution in [0.5, 0.6) is 5.75 Å². The molecule has 1 fully saturated rings. The maximum absolute atomic E-state index is 13.2. The van der Waals surface area contributed by atoms with Crippen molar-refractivity contribution in [2.45, 2.75) is 5.85 Å². The van der Waals surface area contributed by atoms with Gasteiger partial charge in [0, 0.05) is 38.3 Å². The molecule has 2 aliphatic heterocycles.